The van der Waals surface area contributed by atoms with Crippen molar-refractivity contribution in [2.75, 3.05) is 25.0 Å². The Morgan fingerprint density at radius 1 is 1.24 bits per heavy atom. The van der Waals surface area contributed by atoms with Gasteiger partial charge in [0.25, 0.3) is 0 Å². The van der Waals surface area contributed by atoms with Crippen molar-refractivity contribution in [3.05, 3.63) is 29.3 Å². The molecule has 116 valence electrons. The average molecular weight is 290 g/mol. The summed E-state index contributed by atoms with van der Waals surface area (Å²) in [5.41, 5.74) is 3.17. The van der Waals surface area contributed by atoms with Gasteiger partial charge in [-0.1, -0.05) is 18.2 Å². The number of anilines is 1. The van der Waals surface area contributed by atoms with Gasteiger partial charge in [-0.25, -0.2) is 0 Å². The molecule has 4 heteroatoms. The van der Waals surface area contributed by atoms with E-state index in [0.717, 1.165) is 36.4 Å². The van der Waals surface area contributed by atoms with E-state index < -0.39 is 0 Å². The van der Waals surface area contributed by atoms with Crippen LogP contribution < -0.4 is 5.32 Å². The molecule has 1 saturated heterocycles. The minimum Gasteiger partial charge on any atom is -0.373 e. The number of rotatable bonds is 4. The number of aryl methyl sites for hydroxylation is 2. The summed E-state index contributed by atoms with van der Waals surface area (Å²) in [7, 11) is 0. The number of carbonyl (C=O) groups excluding carboxylic acids is 1. The van der Waals surface area contributed by atoms with Crippen molar-refractivity contribution >= 4 is 11.6 Å². The molecule has 4 nitrogen and oxygen atoms in total. The fourth-order valence-electron chi connectivity index (χ4n) is 2.94. The van der Waals surface area contributed by atoms with Gasteiger partial charge in [-0.05, 0) is 38.8 Å². The van der Waals surface area contributed by atoms with Crippen molar-refractivity contribution in [1.29, 1.82) is 0 Å². The monoisotopic (exact) mass is 290 g/mol. The average Bonchev–Trinajstić information content (AvgIpc) is 2.40. The first-order chi connectivity index (χ1) is 9.95. The summed E-state index contributed by atoms with van der Waals surface area (Å²) in [6, 6.07) is 6.05. The molecule has 1 aromatic carbocycles. The molecule has 0 saturated carbocycles. The van der Waals surface area contributed by atoms with Crippen molar-refractivity contribution in [2.45, 2.75) is 46.3 Å². The molecule has 1 aliphatic heterocycles. The van der Waals surface area contributed by atoms with Crippen LogP contribution in [0.2, 0.25) is 0 Å². The molecule has 0 aliphatic carbocycles. The fraction of sp³-hybridized carbons (Fsp3) is 0.588. The van der Waals surface area contributed by atoms with Crippen LogP contribution in [0.15, 0.2) is 18.2 Å². The number of hydrogen-bond acceptors (Lipinski definition) is 3. The lowest BCUT2D eigenvalue weighted by Crippen LogP contribution is -2.46. The molecule has 0 spiro atoms. The molecule has 0 bridgehead atoms. The van der Waals surface area contributed by atoms with E-state index in [4.69, 9.17) is 4.74 Å². The SMILES string of the molecule is Cc1cccc(C)c1NC(=O)CCN1C[C@@H](C)O[C@@H](C)C1. The summed E-state index contributed by atoms with van der Waals surface area (Å²) in [5.74, 6) is 0.0826. The second-order valence-electron chi connectivity index (χ2n) is 6.08. The minimum atomic E-state index is 0.0826. The molecule has 1 fully saturated rings. The van der Waals surface area contributed by atoms with Crippen molar-refractivity contribution in [2.24, 2.45) is 0 Å². The number of hydrogen-bond donors (Lipinski definition) is 1. The van der Waals surface area contributed by atoms with Crippen LogP contribution in [0, 0.1) is 13.8 Å². The summed E-state index contributed by atoms with van der Waals surface area (Å²) in [4.78, 5) is 14.5. The second kappa shape index (κ2) is 7.05. The minimum absolute atomic E-state index is 0.0826. The molecule has 2 rings (SSSR count). The Morgan fingerprint density at radius 3 is 2.38 bits per heavy atom. The smallest absolute Gasteiger partial charge is 0.225 e. The quantitative estimate of drug-likeness (QED) is 0.927. The van der Waals surface area contributed by atoms with Gasteiger partial charge in [-0.3, -0.25) is 9.69 Å². The van der Waals surface area contributed by atoms with Crippen molar-refractivity contribution < 1.29 is 9.53 Å². The highest BCUT2D eigenvalue weighted by atomic mass is 16.5. The van der Waals surface area contributed by atoms with Gasteiger partial charge in [0, 0.05) is 31.7 Å². The summed E-state index contributed by atoms with van der Waals surface area (Å²) in [6.45, 7) is 10.8. The van der Waals surface area contributed by atoms with Gasteiger partial charge in [0.05, 0.1) is 12.2 Å². The van der Waals surface area contributed by atoms with Gasteiger partial charge in [-0.15, -0.1) is 0 Å². The lowest BCUT2D eigenvalue weighted by molar-refractivity contribution is -0.117. The number of nitrogens with one attached hydrogen (secondary N) is 1. The molecule has 0 aromatic heterocycles. The number of benzene rings is 1. The molecule has 21 heavy (non-hydrogen) atoms. The molecule has 1 amide bonds. The maximum atomic E-state index is 12.2. The van der Waals surface area contributed by atoms with Crippen LogP contribution in [0.1, 0.15) is 31.4 Å². The van der Waals surface area contributed by atoms with Gasteiger partial charge < -0.3 is 10.1 Å². The Hall–Kier alpha value is -1.39. The number of amides is 1. The standard InChI is InChI=1S/C17H26N2O2/c1-12-6-5-7-13(2)17(12)18-16(20)8-9-19-10-14(3)21-15(4)11-19/h5-7,14-15H,8-11H2,1-4H3,(H,18,20)/t14-,15+. The van der Waals surface area contributed by atoms with Gasteiger partial charge >= 0.3 is 0 Å². The molecule has 1 aromatic rings. The maximum absolute atomic E-state index is 12.2. The zero-order valence-corrected chi connectivity index (χ0v) is 13.5. The Kier molecular flexibility index (Phi) is 5.37. The normalized spacial score (nSPS) is 23.0. The lowest BCUT2D eigenvalue weighted by Gasteiger charge is -2.35. The number of morpholine rings is 1. The van der Waals surface area contributed by atoms with E-state index in [1.165, 1.54) is 0 Å². The third-order valence-corrected chi connectivity index (χ3v) is 3.90. The molecule has 1 heterocycles. The predicted octanol–water partition coefficient (Wildman–Crippen LogP) is 2.74. The molecular formula is C17H26N2O2. The lowest BCUT2D eigenvalue weighted by atomic mass is 10.1. The third kappa shape index (κ3) is 4.55. The zero-order valence-electron chi connectivity index (χ0n) is 13.5. The van der Waals surface area contributed by atoms with E-state index in [9.17, 15) is 4.79 Å². The van der Waals surface area contributed by atoms with E-state index in [0.29, 0.717) is 6.42 Å². The highest BCUT2D eigenvalue weighted by Gasteiger charge is 2.22. The Balaban J connectivity index is 1.85. The number of ether oxygens (including phenoxy) is 1. The largest absolute Gasteiger partial charge is 0.373 e. The first kappa shape index (κ1) is 16.0. The summed E-state index contributed by atoms with van der Waals surface area (Å²) in [6.07, 6.45) is 1.01. The van der Waals surface area contributed by atoms with Crippen LogP contribution in [0.4, 0.5) is 5.69 Å². The van der Waals surface area contributed by atoms with Crippen LogP contribution >= 0.6 is 0 Å². The highest BCUT2D eigenvalue weighted by Crippen LogP contribution is 2.19. The summed E-state index contributed by atoms with van der Waals surface area (Å²) < 4.78 is 5.71. The van der Waals surface area contributed by atoms with Crippen molar-refractivity contribution in [1.82, 2.24) is 4.90 Å². The Labute approximate surface area is 127 Å². The van der Waals surface area contributed by atoms with Gasteiger partial charge in [0.1, 0.15) is 0 Å². The zero-order chi connectivity index (χ0) is 15.4. The highest BCUT2D eigenvalue weighted by molar-refractivity contribution is 5.92. The fourth-order valence-corrected chi connectivity index (χ4v) is 2.94. The molecule has 0 radical (unpaired) electrons. The molecular weight excluding hydrogens is 264 g/mol. The van der Waals surface area contributed by atoms with Gasteiger partial charge in [-0.2, -0.15) is 0 Å². The van der Waals surface area contributed by atoms with Crippen LogP contribution in [-0.4, -0.2) is 42.6 Å². The first-order valence-electron chi connectivity index (χ1n) is 7.69. The number of carbonyl (C=O) groups is 1. The third-order valence-electron chi connectivity index (χ3n) is 3.90. The first-order valence-corrected chi connectivity index (χ1v) is 7.69. The Bertz CT molecular complexity index is 471. The van der Waals surface area contributed by atoms with Gasteiger partial charge in [0.15, 0.2) is 0 Å². The van der Waals surface area contributed by atoms with E-state index in [2.05, 4.69) is 24.1 Å². The van der Waals surface area contributed by atoms with E-state index in [1.807, 2.05) is 32.0 Å². The van der Waals surface area contributed by atoms with Crippen molar-refractivity contribution in [3.63, 3.8) is 0 Å². The van der Waals surface area contributed by atoms with E-state index in [1.54, 1.807) is 0 Å². The van der Waals surface area contributed by atoms with E-state index in [-0.39, 0.29) is 18.1 Å². The summed E-state index contributed by atoms with van der Waals surface area (Å²) in [5, 5.41) is 3.04. The molecule has 0 unspecified atom stereocenters. The maximum Gasteiger partial charge on any atom is 0.225 e. The number of para-hydroxylation sites is 1. The van der Waals surface area contributed by atoms with Crippen LogP contribution in [0.25, 0.3) is 0 Å². The molecule has 2 atom stereocenters. The second-order valence-corrected chi connectivity index (χ2v) is 6.08. The Morgan fingerprint density at radius 2 is 1.81 bits per heavy atom. The predicted molar refractivity (Wildman–Crippen MR) is 85.6 cm³/mol. The van der Waals surface area contributed by atoms with Crippen LogP contribution in [-0.2, 0) is 9.53 Å². The molecule has 1 aliphatic rings. The summed E-state index contributed by atoms with van der Waals surface area (Å²) >= 11 is 0. The van der Waals surface area contributed by atoms with Crippen molar-refractivity contribution in [3.8, 4) is 0 Å². The topological polar surface area (TPSA) is 41.6 Å². The van der Waals surface area contributed by atoms with Gasteiger partial charge in [0.2, 0.25) is 5.91 Å². The van der Waals surface area contributed by atoms with Crippen LogP contribution in [0.3, 0.4) is 0 Å². The molecule has 1 N–H and O–H groups in total. The van der Waals surface area contributed by atoms with E-state index >= 15 is 0 Å². The number of nitrogens with zero attached hydrogens (tertiary/aromatic N) is 1. The van der Waals surface area contributed by atoms with Crippen LogP contribution in [0.5, 0.6) is 0 Å².